The molecule has 0 spiro atoms. The number of allylic oxidation sites excluding steroid dienone is 1. The summed E-state index contributed by atoms with van der Waals surface area (Å²) in [7, 11) is 4.22. The second-order valence-corrected chi connectivity index (χ2v) is 4.53. The molecule has 0 atom stereocenters. The lowest BCUT2D eigenvalue weighted by Crippen LogP contribution is -2.39. The van der Waals surface area contributed by atoms with Crippen LogP contribution in [0.3, 0.4) is 0 Å². The highest BCUT2D eigenvalue weighted by Crippen LogP contribution is 2.17. The zero-order valence-electron chi connectivity index (χ0n) is 10.1. The van der Waals surface area contributed by atoms with Crippen molar-refractivity contribution in [1.29, 1.82) is 0 Å². The Kier molecular flexibility index (Phi) is 4.82. The van der Waals surface area contributed by atoms with Crippen LogP contribution in [0, 0.1) is 5.92 Å². The van der Waals surface area contributed by atoms with Crippen molar-refractivity contribution in [2.24, 2.45) is 5.92 Å². The van der Waals surface area contributed by atoms with Gasteiger partial charge >= 0.3 is 0 Å². The van der Waals surface area contributed by atoms with Crippen LogP contribution in [0.15, 0.2) is 12.2 Å². The zero-order valence-corrected chi connectivity index (χ0v) is 10.1. The molecule has 1 aliphatic rings. The van der Waals surface area contributed by atoms with E-state index in [1.54, 1.807) is 6.08 Å². The summed E-state index contributed by atoms with van der Waals surface area (Å²) < 4.78 is 0. The van der Waals surface area contributed by atoms with E-state index in [4.69, 9.17) is 0 Å². The minimum absolute atomic E-state index is 0.167. The maximum absolute atomic E-state index is 11.6. The van der Waals surface area contributed by atoms with Crippen molar-refractivity contribution in [2.45, 2.75) is 19.8 Å². The molecule has 3 heteroatoms. The molecule has 0 aliphatic carbocycles. The number of piperidine rings is 1. The van der Waals surface area contributed by atoms with E-state index in [1.165, 1.54) is 0 Å². The summed E-state index contributed by atoms with van der Waals surface area (Å²) >= 11 is 0. The third-order valence-electron chi connectivity index (χ3n) is 2.86. The summed E-state index contributed by atoms with van der Waals surface area (Å²) in [6, 6.07) is 0. The van der Waals surface area contributed by atoms with Gasteiger partial charge in [0.1, 0.15) is 0 Å². The van der Waals surface area contributed by atoms with Crippen molar-refractivity contribution in [3.8, 4) is 0 Å². The van der Waals surface area contributed by atoms with Gasteiger partial charge in [-0.25, -0.2) is 0 Å². The average molecular weight is 210 g/mol. The van der Waals surface area contributed by atoms with Gasteiger partial charge in [-0.3, -0.25) is 4.79 Å². The van der Waals surface area contributed by atoms with Crippen molar-refractivity contribution in [2.75, 3.05) is 33.7 Å². The van der Waals surface area contributed by atoms with Gasteiger partial charge in [-0.05, 0) is 45.9 Å². The molecule has 1 aliphatic heterocycles. The Bertz CT molecular complexity index is 228. The molecule has 3 nitrogen and oxygen atoms in total. The van der Waals surface area contributed by atoms with Gasteiger partial charge < -0.3 is 9.80 Å². The number of carbonyl (C=O) groups is 1. The van der Waals surface area contributed by atoms with Crippen molar-refractivity contribution in [3.63, 3.8) is 0 Å². The van der Waals surface area contributed by atoms with E-state index in [2.05, 4.69) is 19.0 Å². The van der Waals surface area contributed by atoms with Gasteiger partial charge in [0.05, 0.1) is 0 Å². The van der Waals surface area contributed by atoms with E-state index >= 15 is 0 Å². The van der Waals surface area contributed by atoms with E-state index in [9.17, 15) is 4.79 Å². The molecule has 0 bridgehead atoms. The zero-order chi connectivity index (χ0) is 11.3. The fraction of sp³-hybridized carbons (Fsp3) is 0.750. The summed E-state index contributed by atoms with van der Waals surface area (Å²) in [6.07, 6.45) is 5.75. The third kappa shape index (κ3) is 4.04. The Morgan fingerprint density at radius 1 is 1.40 bits per heavy atom. The van der Waals surface area contributed by atoms with Crippen LogP contribution in [0.5, 0.6) is 0 Å². The molecule has 0 aromatic heterocycles. The predicted molar refractivity (Wildman–Crippen MR) is 62.7 cm³/mol. The lowest BCUT2D eigenvalue weighted by Gasteiger charge is -2.32. The molecule has 0 saturated carbocycles. The monoisotopic (exact) mass is 210 g/mol. The van der Waals surface area contributed by atoms with Crippen LogP contribution in [-0.4, -0.2) is 49.4 Å². The summed E-state index contributed by atoms with van der Waals surface area (Å²) in [6.45, 7) is 4.87. The van der Waals surface area contributed by atoms with Gasteiger partial charge in [-0.2, -0.15) is 0 Å². The van der Waals surface area contributed by atoms with Crippen molar-refractivity contribution >= 4 is 5.91 Å². The van der Waals surface area contributed by atoms with Gasteiger partial charge in [0.25, 0.3) is 0 Å². The minimum atomic E-state index is 0.167. The molecule has 86 valence electrons. The van der Waals surface area contributed by atoms with Gasteiger partial charge in [-0.15, -0.1) is 0 Å². The van der Waals surface area contributed by atoms with Crippen molar-refractivity contribution in [1.82, 2.24) is 9.80 Å². The highest BCUT2D eigenvalue weighted by Gasteiger charge is 2.21. The lowest BCUT2D eigenvalue weighted by atomic mass is 9.96. The Morgan fingerprint density at radius 2 is 2.00 bits per heavy atom. The fourth-order valence-corrected chi connectivity index (χ4v) is 2.10. The van der Waals surface area contributed by atoms with Crippen LogP contribution >= 0.6 is 0 Å². The van der Waals surface area contributed by atoms with Crippen LogP contribution in [-0.2, 0) is 4.79 Å². The molecule has 0 N–H and O–H groups in total. The fourth-order valence-electron chi connectivity index (χ4n) is 2.10. The number of hydrogen-bond acceptors (Lipinski definition) is 2. The molecule has 1 heterocycles. The number of carbonyl (C=O) groups excluding carboxylic acids is 1. The standard InChI is InChI=1S/C12H22N2O/c1-4-5-12(15)14-8-6-11(7-9-14)10-13(2)3/h4-5,11H,6-10H2,1-3H3. The van der Waals surface area contributed by atoms with E-state index in [0.717, 1.165) is 38.4 Å². The normalized spacial score (nSPS) is 19.1. The quantitative estimate of drug-likeness (QED) is 0.657. The average Bonchev–Trinajstić information content (AvgIpc) is 2.18. The van der Waals surface area contributed by atoms with E-state index in [0.29, 0.717) is 0 Å². The second kappa shape index (κ2) is 5.91. The smallest absolute Gasteiger partial charge is 0.246 e. The number of rotatable bonds is 3. The largest absolute Gasteiger partial charge is 0.339 e. The van der Waals surface area contributed by atoms with Crippen LogP contribution in [0.2, 0.25) is 0 Å². The first-order valence-electron chi connectivity index (χ1n) is 5.69. The van der Waals surface area contributed by atoms with Crippen LogP contribution in [0.25, 0.3) is 0 Å². The maximum atomic E-state index is 11.6. The number of amides is 1. The molecule has 1 amide bonds. The molecular weight excluding hydrogens is 188 g/mol. The van der Waals surface area contributed by atoms with Gasteiger partial charge in [0.15, 0.2) is 0 Å². The highest BCUT2D eigenvalue weighted by molar-refractivity contribution is 5.87. The van der Waals surface area contributed by atoms with Crippen LogP contribution in [0.4, 0.5) is 0 Å². The summed E-state index contributed by atoms with van der Waals surface area (Å²) in [5.41, 5.74) is 0. The Balaban J connectivity index is 2.32. The molecule has 1 fully saturated rings. The second-order valence-electron chi connectivity index (χ2n) is 4.53. The molecule has 1 saturated heterocycles. The van der Waals surface area contributed by atoms with Crippen molar-refractivity contribution in [3.05, 3.63) is 12.2 Å². The molecule has 15 heavy (non-hydrogen) atoms. The summed E-state index contributed by atoms with van der Waals surface area (Å²) in [5, 5.41) is 0. The van der Waals surface area contributed by atoms with Gasteiger partial charge in [0.2, 0.25) is 5.91 Å². The molecular formula is C12H22N2O. The lowest BCUT2D eigenvalue weighted by molar-refractivity contribution is -0.127. The van der Waals surface area contributed by atoms with Crippen LogP contribution < -0.4 is 0 Å². The first-order valence-corrected chi connectivity index (χ1v) is 5.69. The Morgan fingerprint density at radius 3 is 2.47 bits per heavy atom. The highest BCUT2D eigenvalue weighted by atomic mass is 16.2. The topological polar surface area (TPSA) is 23.6 Å². The van der Waals surface area contributed by atoms with Crippen LogP contribution in [0.1, 0.15) is 19.8 Å². The van der Waals surface area contributed by atoms with Gasteiger partial charge in [0, 0.05) is 19.6 Å². The van der Waals surface area contributed by atoms with E-state index in [1.807, 2.05) is 17.9 Å². The minimum Gasteiger partial charge on any atom is -0.339 e. The number of nitrogens with zero attached hydrogens (tertiary/aromatic N) is 2. The molecule has 0 unspecified atom stereocenters. The van der Waals surface area contributed by atoms with Crippen molar-refractivity contribution < 1.29 is 4.79 Å². The Labute approximate surface area is 92.7 Å². The molecule has 0 aromatic carbocycles. The summed E-state index contributed by atoms with van der Waals surface area (Å²) in [5.74, 6) is 0.926. The third-order valence-corrected chi connectivity index (χ3v) is 2.86. The first-order chi connectivity index (χ1) is 7.13. The Hall–Kier alpha value is -0.830. The predicted octanol–water partition coefficient (Wildman–Crippen LogP) is 1.36. The maximum Gasteiger partial charge on any atom is 0.246 e. The first kappa shape index (κ1) is 12.2. The van der Waals surface area contributed by atoms with Gasteiger partial charge in [-0.1, -0.05) is 6.08 Å². The SMILES string of the molecule is CC=CC(=O)N1CCC(CN(C)C)CC1. The van der Waals surface area contributed by atoms with E-state index < -0.39 is 0 Å². The molecule has 0 radical (unpaired) electrons. The number of likely N-dealkylation sites (tertiary alicyclic amines) is 1. The van der Waals surface area contributed by atoms with E-state index in [-0.39, 0.29) is 5.91 Å². The molecule has 1 rings (SSSR count). The molecule has 0 aromatic rings. The summed E-state index contributed by atoms with van der Waals surface area (Å²) in [4.78, 5) is 15.7. The number of hydrogen-bond donors (Lipinski definition) is 0.